The summed E-state index contributed by atoms with van der Waals surface area (Å²) >= 11 is 0. The van der Waals surface area contributed by atoms with Crippen LogP contribution in [0.25, 0.3) is 0 Å². The van der Waals surface area contributed by atoms with E-state index in [0.29, 0.717) is 18.2 Å². The van der Waals surface area contributed by atoms with Gasteiger partial charge < -0.3 is 10.6 Å². The number of carbonyl (C=O) groups excluding carboxylic acids is 1. The van der Waals surface area contributed by atoms with E-state index in [4.69, 9.17) is 0 Å². The summed E-state index contributed by atoms with van der Waals surface area (Å²) in [5.41, 5.74) is 1.37. The van der Waals surface area contributed by atoms with Gasteiger partial charge in [0.05, 0.1) is 0 Å². The number of benzene rings is 1. The van der Waals surface area contributed by atoms with Crippen molar-refractivity contribution in [3.05, 3.63) is 29.6 Å². The largest absolute Gasteiger partial charge is 0.338 e. The van der Waals surface area contributed by atoms with E-state index in [1.165, 1.54) is 25.0 Å². The number of amides is 2. The highest BCUT2D eigenvalue weighted by Crippen LogP contribution is 2.27. The Bertz CT molecular complexity index is 402. The van der Waals surface area contributed by atoms with E-state index in [0.717, 1.165) is 5.56 Å². The number of anilines is 1. The first-order chi connectivity index (χ1) is 7.65. The van der Waals surface area contributed by atoms with Crippen molar-refractivity contribution in [1.82, 2.24) is 5.32 Å². The van der Waals surface area contributed by atoms with E-state index in [-0.39, 0.29) is 11.8 Å². The SMILES string of the molecule is Cc1ccc(F)cc1NC(=O)NCC1CC1. The van der Waals surface area contributed by atoms with Crippen molar-refractivity contribution < 1.29 is 9.18 Å². The molecule has 0 bridgehead atoms. The molecule has 0 spiro atoms. The van der Waals surface area contributed by atoms with E-state index >= 15 is 0 Å². The molecule has 0 aromatic heterocycles. The molecule has 0 atom stereocenters. The molecule has 1 aromatic rings. The Morgan fingerprint density at radius 1 is 1.50 bits per heavy atom. The van der Waals surface area contributed by atoms with Crippen molar-refractivity contribution in [2.45, 2.75) is 19.8 Å². The monoisotopic (exact) mass is 222 g/mol. The number of rotatable bonds is 3. The average Bonchev–Trinajstić information content (AvgIpc) is 3.04. The maximum absolute atomic E-state index is 12.9. The van der Waals surface area contributed by atoms with Gasteiger partial charge in [-0.3, -0.25) is 0 Å². The zero-order valence-corrected chi connectivity index (χ0v) is 9.22. The van der Waals surface area contributed by atoms with Gasteiger partial charge in [0.25, 0.3) is 0 Å². The molecular weight excluding hydrogens is 207 g/mol. The van der Waals surface area contributed by atoms with Crippen LogP contribution in [0.3, 0.4) is 0 Å². The molecule has 1 aliphatic carbocycles. The van der Waals surface area contributed by atoms with Gasteiger partial charge in [-0.05, 0) is 43.4 Å². The molecule has 1 fully saturated rings. The van der Waals surface area contributed by atoms with Crippen molar-refractivity contribution in [2.75, 3.05) is 11.9 Å². The van der Waals surface area contributed by atoms with E-state index in [1.807, 2.05) is 6.92 Å². The van der Waals surface area contributed by atoms with Crippen LogP contribution in [0.2, 0.25) is 0 Å². The number of hydrogen-bond acceptors (Lipinski definition) is 1. The van der Waals surface area contributed by atoms with Gasteiger partial charge in [0.2, 0.25) is 0 Å². The van der Waals surface area contributed by atoms with Crippen LogP contribution in [0.5, 0.6) is 0 Å². The summed E-state index contributed by atoms with van der Waals surface area (Å²) in [7, 11) is 0. The van der Waals surface area contributed by atoms with Crippen molar-refractivity contribution in [2.24, 2.45) is 5.92 Å². The molecule has 0 saturated heterocycles. The van der Waals surface area contributed by atoms with Gasteiger partial charge in [-0.15, -0.1) is 0 Å². The maximum atomic E-state index is 12.9. The Hall–Kier alpha value is -1.58. The second-order valence-electron chi connectivity index (χ2n) is 4.24. The number of hydrogen-bond donors (Lipinski definition) is 2. The van der Waals surface area contributed by atoms with Crippen LogP contribution in [0, 0.1) is 18.7 Å². The lowest BCUT2D eigenvalue weighted by atomic mass is 10.2. The lowest BCUT2D eigenvalue weighted by molar-refractivity contribution is 0.251. The first-order valence-electron chi connectivity index (χ1n) is 5.46. The van der Waals surface area contributed by atoms with E-state index in [2.05, 4.69) is 10.6 Å². The van der Waals surface area contributed by atoms with Crippen LogP contribution in [-0.2, 0) is 0 Å². The van der Waals surface area contributed by atoms with Crippen LogP contribution in [0.1, 0.15) is 18.4 Å². The molecular formula is C12H15FN2O. The Labute approximate surface area is 94.0 Å². The van der Waals surface area contributed by atoms with Crippen molar-refractivity contribution in [3.8, 4) is 0 Å². The van der Waals surface area contributed by atoms with Crippen LogP contribution in [0.15, 0.2) is 18.2 Å². The second kappa shape index (κ2) is 4.51. The quantitative estimate of drug-likeness (QED) is 0.811. The van der Waals surface area contributed by atoms with E-state index in [9.17, 15) is 9.18 Å². The molecule has 2 rings (SSSR count). The van der Waals surface area contributed by atoms with Gasteiger partial charge >= 0.3 is 6.03 Å². The molecule has 1 aliphatic rings. The minimum atomic E-state index is -0.344. The topological polar surface area (TPSA) is 41.1 Å². The first kappa shape index (κ1) is 10.9. The summed E-state index contributed by atoms with van der Waals surface area (Å²) in [4.78, 5) is 11.5. The van der Waals surface area contributed by atoms with Crippen molar-refractivity contribution in [1.29, 1.82) is 0 Å². The highest BCUT2D eigenvalue weighted by atomic mass is 19.1. The van der Waals surface area contributed by atoms with Crippen LogP contribution >= 0.6 is 0 Å². The average molecular weight is 222 g/mol. The molecule has 2 amide bonds. The third-order valence-electron chi connectivity index (χ3n) is 2.70. The smallest absolute Gasteiger partial charge is 0.319 e. The van der Waals surface area contributed by atoms with Gasteiger partial charge in [0.15, 0.2) is 0 Å². The standard InChI is InChI=1S/C12H15FN2O/c1-8-2-5-10(13)6-11(8)15-12(16)14-7-9-3-4-9/h2,5-6,9H,3-4,7H2,1H3,(H2,14,15,16). The van der Waals surface area contributed by atoms with Gasteiger partial charge in [-0.2, -0.15) is 0 Å². The highest BCUT2D eigenvalue weighted by molar-refractivity contribution is 5.90. The number of urea groups is 1. The third kappa shape index (κ3) is 2.95. The number of halogens is 1. The molecule has 16 heavy (non-hydrogen) atoms. The molecule has 1 aromatic carbocycles. The molecule has 1 saturated carbocycles. The normalized spacial score (nSPS) is 14.6. The molecule has 0 aliphatic heterocycles. The number of nitrogens with one attached hydrogen (secondary N) is 2. The highest BCUT2D eigenvalue weighted by Gasteiger charge is 2.21. The summed E-state index contributed by atoms with van der Waals surface area (Å²) in [6, 6.07) is 4.08. The minimum Gasteiger partial charge on any atom is -0.338 e. The van der Waals surface area contributed by atoms with Gasteiger partial charge in [-0.1, -0.05) is 6.07 Å². The predicted molar refractivity (Wildman–Crippen MR) is 60.9 cm³/mol. The van der Waals surface area contributed by atoms with Crippen molar-refractivity contribution >= 4 is 11.7 Å². The third-order valence-corrected chi connectivity index (χ3v) is 2.70. The lowest BCUT2D eigenvalue weighted by Gasteiger charge is -2.09. The fourth-order valence-electron chi connectivity index (χ4n) is 1.45. The fourth-order valence-corrected chi connectivity index (χ4v) is 1.45. The maximum Gasteiger partial charge on any atom is 0.319 e. The van der Waals surface area contributed by atoms with Gasteiger partial charge in [-0.25, -0.2) is 9.18 Å². The summed E-state index contributed by atoms with van der Waals surface area (Å²) in [6.45, 7) is 2.54. The number of carbonyl (C=O) groups is 1. The van der Waals surface area contributed by atoms with Crippen LogP contribution < -0.4 is 10.6 Å². The van der Waals surface area contributed by atoms with E-state index < -0.39 is 0 Å². The predicted octanol–water partition coefficient (Wildman–Crippen LogP) is 2.67. The molecule has 0 radical (unpaired) electrons. The first-order valence-corrected chi connectivity index (χ1v) is 5.46. The van der Waals surface area contributed by atoms with E-state index in [1.54, 1.807) is 6.07 Å². The molecule has 0 unspecified atom stereocenters. The van der Waals surface area contributed by atoms with Crippen LogP contribution in [0.4, 0.5) is 14.9 Å². The Balaban J connectivity index is 1.91. The summed E-state index contributed by atoms with van der Waals surface area (Å²) < 4.78 is 12.9. The molecule has 0 heterocycles. The Morgan fingerprint density at radius 2 is 2.25 bits per heavy atom. The van der Waals surface area contributed by atoms with Crippen LogP contribution in [-0.4, -0.2) is 12.6 Å². The van der Waals surface area contributed by atoms with Crippen molar-refractivity contribution in [3.63, 3.8) is 0 Å². The molecule has 3 nitrogen and oxygen atoms in total. The number of aryl methyl sites for hydroxylation is 1. The Kier molecular flexibility index (Phi) is 3.08. The summed E-state index contributed by atoms with van der Waals surface area (Å²) in [6.07, 6.45) is 2.39. The van der Waals surface area contributed by atoms with Gasteiger partial charge in [0.1, 0.15) is 5.82 Å². The molecule has 4 heteroatoms. The minimum absolute atomic E-state index is 0.263. The van der Waals surface area contributed by atoms with Gasteiger partial charge in [0, 0.05) is 12.2 Å². The summed E-state index contributed by atoms with van der Waals surface area (Å²) in [5.74, 6) is 0.294. The lowest BCUT2D eigenvalue weighted by Crippen LogP contribution is -2.30. The Morgan fingerprint density at radius 3 is 2.94 bits per heavy atom. The molecule has 2 N–H and O–H groups in total. The zero-order chi connectivity index (χ0) is 11.5. The fraction of sp³-hybridized carbons (Fsp3) is 0.417. The molecule has 86 valence electrons. The zero-order valence-electron chi connectivity index (χ0n) is 9.22. The second-order valence-corrected chi connectivity index (χ2v) is 4.24. The summed E-state index contributed by atoms with van der Waals surface area (Å²) in [5, 5.41) is 5.41.